The highest BCUT2D eigenvalue weighted by atomic mass is 16.3. The minimum Gasteiger partial charge on any atom is -0.466 e. The van der Waals surface area contributed by atoms with Crippen molar-refractivity contribution in [3.8, 4) is 0 Å². The van der Waals surface area contributed by atoms with E-state index in [2.05, 4.69) is 10.6 Å². The van der Waals surface area contributed by atoms with E-state index in [9.17, 15) is 4.79 Å². The molecule has 0 fully saturated rings. The molecular weight excluding hydrogens is 192 g/mol. The van der Waals surface area contributed by atoms with Crippen molar-refractivity contribution in [1.82, 2.24) is 10.6 Å². The molecule has 0 aliphatic carbocycles. The van der Waals surface area contributed by atoms with E-state index in [1.807, 2.05) is 33.8 Å². The van der Waals surface area contributed by atoms with Crippen LogP contribution in [0.25, 0.3) is 0 Å². The van der Waals surface area contributed by atoms with E-state index < -0.39 is 0 Å². The van der Waals surface area contributed by atoms with Gasteiger partial charge in [-0.1, -0.05) is 0 Å². The van der Waals surface area contributed by atoms with Crippen molar-refractivity contribution < 1.29 is 9.21 Å². The van der Waals surface area contributed by atoms with Gasteiger partial charge in [-0.2, -0.15) is 0 Å². The average Bonchev–Trinajstić information content (AvgIpc) is 2.45. The second-order valence-corrected chi connectivity index (χ2v) is 3.59. The maximum atomic E-state index is 11.3. The van der Waals surface area contributed by atoms with Gasteiger partial charge in [0.15, 0.2) is 0 Å². The molecule has 0 saturated heterocycles. The smallest absolute Gasteiger partial charge is 0.315 e. The molecule has 84 valence electrons. The standard InChI is InChI=1S/C11H18N2O2/c1-5-12-11(14)13-8(3)10-6-7(2)15-9(10)4/h6,8H,5H2,1-4H3,(H2,12,13,14). The van der Waals surface area contributed by atoms with Gasteiger partial charge in [0.25, 0.3) is 0 Å². The zero-order chi connectivity index (χ0) is 11.4. The number of urea groups is 1. The van der Waals surface area contributed by atoms with Crippen molar-refractivity contribution in [2.75, 3.05) is 6.54 Å². The van der Waals surface area contributed by atoms with Gasteiger partial charge in [-0.15, -0.1) is 0 Å². The van der Waals surface area contributed by atoms with Gasteiger partial charge in [0, 0.05) is 12.1 Å². The number of hydrogen-bond acceptors (Lipinski definition) is 2. The summed E-state index contributed by atoms with van der Waals surface area (Å²) < 4.78 is 5.41. The molecule has 4 heteroatoms. The predicted octanol–water partition coefficient (Wildman–Crippen LogP) is 2.28. The fourth-order valence-corrected chi connectivity index (χ4v) is 1.57. The first-order valence-electron chi connectivity index (χ1n) is 5.16. The van der Waals surface area contributed by atoms with Crippen LogP contribution in [-0.4, -0.2) is 12.6 Å². The topological polar surface area (TPSA) is 54.3 Å². The Kier molecular flexibility index (Phi) is 3.77. The molecular formula is C11H18N2O2. The molecule has 0 spiro atoms. The number of carbonyl (C=O) groups excluding carboxylic acids is 1. The zero-order valence-corrected chi connectivity index (χ0v) is 9.68. The maximum Gasteiger partial charge on any atom is 0.315 e. The van der Waals surface area contributed by atoms with Gasteiger partial charge in [-0.25, -0.2) is 4.79 Å². The lowest BCUT2D eigenvalue weighted by atomic mass is 10.1. The van der Waals surface area contributed by atoms with Crippen LogP contribution < -0.4 is 10.6 Å². The summed E-state index contributed by atoms with van der Waals surface area (Å²) in [5.74, 6) is 1.73. The van der Waals surface area contributed by atoms with Crippen LogP contribution in [-0.2, 0) is 0 Å². The molecule has 1 aromatic rings. The molecule has 4 nitrogen and oxygen atoms in total. The Bertz CT molecular complexity index is 344. The van der Waals surface area contributed by atoms with Gasteiger partial charge >= 0.3 is 6.03 Å². The first-order valence-corrected chi connectivity index (χ1v) is 5.16. The third kappa shape index (κ3) is 3.01. The molecule has 1 rings (SSSR count). The highest BCUT2D eigenvalue weighted by Crippen LogP contribution is 2.20. The van der Waals surface area contributed by atoms with Gasteiger partial charge in [-0.3, -0.25) is 0 Å². The number of hydrogen-bond donors (Lipinski definition) is 2. The largest absolute Gasteiger partial charge is 0.466 e. The third-order valence-electron chi connectivity index (χ3n) is 2.23. The van der Waals surface area contributed by atoms with Crippen LogP contribution in [0.15, 0.2) is 10.5 Å². The zero-order valence-electron chi connectivity index (χ0n) is 9.68. The van der Waals surface area contributed by atoms with Crippen LogP contribution >= 0.6 is 0 Å². The van der Waals surface area contributed by atoms with Crippen LogP contribution in [0.2, 0.25) is 0 Å². The molecule has 1 aromatic heterocycles. The van der Waals surface area contributed by atoms with Gasteiger partial charge in [0.2, 0.25) is 0 Å². The first-order chi connectivity index (χ1) is 7.04. The lowest BCUT2D eigenvalue weighted by Crippen LogP contribution is -2.36. The third-order valence-corrected chi connectivity index (χ3v) is 2.23. The van der Waals surface area contributed by atoms with Crippen molar-refractivity contribution in [1.29, 1.82) is 0 Å². The summed E-state index contributed by atoms with van der Waals surface area (Å²) in [6, 6.07) is 1.77. The molecule has 0 bridgehead atoms. The summed E-state index contributed by atoms with van der Waals surface area (Å²) in [4.78, 5) is 11.3. The van der Waals surface area contributed by atoms with E-state index in [0.717, 1.165) is 17.1 Å². The van der Waals surface area contributed by atoms with Gasteiger partial charge in [-0.05, 0) is 33.8 Å². The highest BCUT2D eigenvalue weighted by Gasteiger charge is 2.14. The van der Waals surface area contributed by atoms with Crippen LogP contribution in [0.4, 0.5) is 4.79 Å². The van der Waals surface area contributed by atoms with Crippen molar-refractivity contribution in [2.45, 2.75) is 33.7 Å². The number of carbonyl (C=O) groups is 1. The molecule has 0 aliphatic heterocycles. The molecule has 1 atom stereocenters. The Morgan fingerprint density at radius 1 is 1.53 bits per heavy atom. The van der Waals surface area contributed by atoms with E-state index in [1.165, 1.54) is 0 Å². The van der Waals surface area contributed by atoms with Crippen LogP contribution in [0.3, 0.4) is 0 Å². The van der Waals surface area contributed by atoms with Crippen molar-refractivity contribution in [3.05, 3.63) is 23.2 Å². The van der Waals surface area contributed by atoms with E-state index >= 15 is 0 Å². The summed E-state index contributed by atoms with van der Waals surface area (Å²) in [5, 5.41) is 5.53. The van der Waals surface area contributed by atoms with E-state index in [1.54, 1.807) is 0 Å². The van der Waals surface area contributed by atoms with E-state index in [0.29, 0.717) is 6.54 Å². The Hall–Kier alpha value is -1.45. The Balaban J connectivity index is 2.64. The SMILES string of the molecule is CCNC(=O)NC(C)c1cc(C)oc1C. The molecule has 0 saturated carbocycles. The summed E-state index contributed by atoms with van der Waals surface area (Å²) >= 11 is 0. The van der Waals surface area contributed by atoms with Crippen molar-refractivity contribution in [2.24, 2.45) is 0 Å². The van der Waals surface area contributed by atoms with Gasteiger partial charge in [0.05, 0.1) is 6.04 Å². The molecule has 0 radical (unpaired) electrons. The van der Waals surface area contributed by atoms with Crippen molar-refractivity contribution in [3.63, 3.8) is 0 Å². The minimum absolute atomic E-state index is 0.0333. The lowest BCUT2D eigenvalue weighted by Gasteiger charge is -2.13. The number of aryl methyl sites for hydroxylation is 2. The summed E-state index contributed by atoms with van der Waals surface area (Å²) in [7, 11) is 0. The van der Waals surface area contributed by atoms with Gasteiger partial charge in [0.1, 0.15) is 11.5 Å². The van der Waals surface area contributed by atoms with Crippen LogP contribution in [0.1, 0.15) is 37.0 Å². The van der Waals surface area contributed by atoms with Crippen LogP contribution in [0.5, 0.6) is 0 Å². The Morgan fingerprint density at radius 3 is 2.67 bits per heavy atom. The molecule has 1 heterocycles. The number of rotatable bonds is 3. The molecule has 2 amide bonds. The average molecular weight is 210 g/mol. The second-order valence-electron chi connectivity index (χ2n) is 3.59. The fourth-order valence-electron chi connectivity index (χ4n) is 1.57. The first kappa shape index (κ1) is 11.6. The molecule has 0 aliphatic rings. The summed E-state index contributed by atoms with van der Waals surface area (Å²) in [6.07, 6.45) is 0. The molecule has 1 unspecified atom stereocenters. The van der Waals surface area contributed by atoms with E-state index in [-0.39, 0.29) is 12.1 Å². The predicted molar refractivity (Wildman–Crippen MR) is 58.8 cm³/mol. The lowest BCUT2D eigenvalue weighted by molar-refractivity contribution is 0.238. The number of nitrogens with one attached hydrogen (secondary N) is 2. The van der Waals surface area contributed by atoms with E-state index in [4.69, 9.17) is 4.42 Å². The normalized spacial score (nSPS) is 12.3. The summed E-state index contributed by atoms with van der Waals surface area (Å²) in [6.45, 7) is 8.25. The molecule has 0 aromatic carbocycles. The Morgan fingerprint density at radius 2 is 2.20 bits per heavy atom. The van der Waals surface area contributed by atoms with Crippen LogP contribution in [0, 0.1) is 13.8 Å². The number of furan rings is 1. The molecule has 2 N–H and O–H groups in total. The number of amides is 2. The van der Waals surface area contributed by atoms with Gasteiger partial charge < -0.3 is 15.1 Å². The maximum absolute atomic E-state index is 11.3. The quantitative estimate of drug-likeness (QED) is 0.804. The van der Waals surface area contributed by atoms with Crippen molar-refractivity contribution >= 4 is 6.03 Å². The summed E-state index contributed by atoms with van der Waals surface area (Å²) in [5.41, 5.74) is 1.03. The Labute approximate surface area is 90.0 Å². The minimum atomic E-state index is -0.150. The second kappa shape index (κ2) is 4.87. The monoisotopic (exact) mass is 210 g/mol. The molecule has 15 heavy (non-hydrogen) atoms. The highest BCUT2D eigenvalue weighted by molar-refractivity contribution is 5.74. The fraction of sp³-hybridized carbons (Fsp3) is 0.545.